The van der Waals surface area contributed by atoms with Crippen LogP contribution in [0, 0.1) is 28.6 Å². The molecule has 1 aromatic rings. The largest absolute Gasteiger partial charge is 0.457 e. The number of esters is 1. The molecule has 2 unspecified atom stereocenters. The molecule has 0 aromatic carbocycles. The monoisotopic (exact) mass is 520 g/mol. The van der Waals surface area contributed by atoms with Crippen LogP contribution in [0.2, 0.25) is 0 Å². The van der Waals surface area contributed by atoms with Crippen molar-refractivity contribution in [2.45, 2.75) is 63.0 Å². The van der Waals surface area contributed by atoms with Crippen molar-refractivity contribution in [2.24, 2.45) is 28.6 Å². The maximum Gasteiger partial charge on any atom is 0.375 e. The van der Waals surface area contributed by atoms with Crippen LogP contribution in [0.25, 0.3) is 0 Å². The first-order valence-electron chi connectivity index (χ1n) is 12.1. The fourth-order valence-corrected chi connectivity index (χ4v) is 8.81. The molecule has 1 heterocycles. The van der Waals surface area contributed by atoms with Crippen molar-refractivity contribution < 1.29 is 28.6 Å². The van der Waals surface area contributed by atoms with Crippen LogP contribution in [0.3, 0.4) is 0 Å². The molecule has 8 heteroatoms. The first-order valence-corrected chi connectivity index (χ1v) is 13.0. The summed E-state index contributed by atoms with van der Waals surface area (Å²) in [6, 6.07) is 3.07. The minimum Gasteiger partial charge on any atom is -0.457 e. The summed E-state index contributed by atoms with van der Waals surface area (Å²) in [6.07, 6.45) is 7.44. The van der Waals surface area contributed by atoms with Crippen LogP contribution in [-0.2, 0) is 14.3 Å². The van der Waals surface area contributed by atoms with Crippen molar-refractivity contribution in [2.75, 3.05) is 5.88 Å². The van der Waals surface area contributed by atoms with Gasteiger partial charge in [-0.05, 0) is 61.8 Å². The number of halogens is 2. The Morgan fingerprint density at radius 1 is 1.29 bits per heavy atom. The van der Waals surface area contributed by atoms with E-state index >= 15 is 0 Å². The van der Waals surface area contributed by atoms with Gasteiger partial charge in [-0.25, -0.2) is 4.79 Å². The van der Waals surface area contributed by atoms with E-state index in [4.69, 9.17) is 32.4 Å². The lowest BCUT2D eigenvalue weighted by molar-refractivity contribution is -0.177. The second-order valence-corrected chi connectivity index (χ2v) is 12.0. The molecular weight excluding hydrogens is 491 g/mol. The van der Waals surface area contributed by atoms with E-state index in [9.17, 15) is 19.5 Å². The number of aliphatic hydroxyl groups excluding tert-OH is 1. The summed E-state index contributed by atoms with van der Waals surface area (Å²) in [5.74, 6) is -2.12. The zero-order chi connectivity index (χ0) is 25.4. The SMILES string of the molecule is C[C@@H]1CC2C3CCC4=CC(=O)C=C[C@]4(C)[C@@]3(Cl)[C@@H](O)C[C@]2(C)[C@@]1(OC(=O)c1ccco1)C(=O)CCl. The summed E-state index contributed by atoms with van der Waals surface area (Å²) < 4.78 is 11.3. The predicted octanol–water partition coefficient (Wildman–Crippen LogP) is 4.87. The first kappa shape index (κ1) is 24.8. The van der Waals surface area contributed by atoms with Crippen LogP contribution in [0.4, 0.5) is 0 Å². The highest BCUT2D eigenvalue weighted by Crippen LogP contribution is 2.72. The number of rotatable bonds is 4. The Balaban J connectivity index is 1.61. The van der Waals surface area contributed by atoms with Crippen molar-refractivity contribution in [1.82, 2.24) is 0 Å². The van der Waals surface area contributed by atoms with E-state index < -0.39 is 33.4 Å². The van der Waals surface area contributed by atoms with E-state index in [-0.39, 0.29) is 47.4 Å². The van der Waals surface area contributed by atoms with Crippen molar-refractivity contribution >= 4 is 40.7 Å². The third-order valence-corrected chi connectivity index (χ3v) is 10.9. The quantitative estimate of drug-likeness (QED) is 0.449. The lowest BCUT2D eigenvalue weighted by atomic mass is 9.45. The van der Waals surface area contributed by atoms with Crippen molar-refractivity contribution in [3.8, 4) is 0 Å². The number of aliphatic hydroxyl groups is 1. The van der Waals surface area contributed by atoms with E-state index in [1.165, 1.54) is 18.4 Å². The number of ether oxygens (including phenoxy) is 1. The number of furan rings is 1. The minimum absolute atomic E-state index is 0.00557. The van der Waals surface area contributed by atoms with Crippen LogP contribution in [0.5, 0.6) is 0 Å². The molecule has 0 saturated heterocycles. The van der Waals surface area contributed by atoms with Gasteiger partial charge in [-0.2, -0.15) is 0 Å². The number of hydrogen-bond acceptors (Lipinski definition) is 6. The molecule has 0 bridgehead atoms. The van der Waals surface area contributed by atoms with Gasteiger partial charge < -0.3 is 14.3 Å². The first-order chi connectivity index (χ1) is 16.5. The summed E-state index contributed by atoms with van der Waals surface area (Å²) in [6.45, 7) is 5.81. The molecule has 5 rings (SSSR count). The standard InChI is InChI=1S/C27H30Cl2O6/c1-15-11-19-18-7-6-16-12-17(30)8-9-24(16,2)26(18,29)21(31)13-25(19,3)27(15,22(32)14-28)35-23(33)20-5-4-10-34-20/h4-5,8-10,12,15,18-19,21,31H,6-7,11,13-14H2,1-3H3/t15-,18?,19?,21+,24+,25+,26+,27+/m1/s1. The van der Waals surface area contributed by atoms with Gasteiger partial charge in [0, 0.05) is 16.7 Å². The molecule has 0 aliphatic heterocycles. The van der Waals surface area contributed by atoms with Gasteiger partial charge in [0.1, 0.15) is 0 Å². The Bertz CT molecular complexity index is 1140. The summed E-state index contributed by atoms with van der Waals surface area (Å²) in [5.41, 5.74) is -2.20. The number of carbonyl (C=O) groups is 3. The third-order valence-electron chi connectivity index (χ3n) is 9.69. The van der Waals surface area contributed by atoms with Gasteiger partial charge in [0.25, 0.3) is 0 Å². The molecule has 0 radical (unpaired) electrons. The van der Waals surface area contributed by atoms with Crippen LogP contribution in [-0.4, -0.2) is 45.1 Å². The summed E-state index contributed by atoms with van der Waals surface area (Å²) >= 11 is 13.6. The maximum absolute atomic E-state index is 13.6. The van der Waals surface area contributed by atoms with E-state index in [1.807, 2.05) is 26.8 Å². The number of allylic oxidation sites excluding steroid dienone is 4. The zero-order valence-corrected chi connectivity index (χ0v) is 21.6. The van der Waals surface area contributed by atoms with Gasteiger partial charge in [-0.3, -0.25) is 9.59 Å². The molecule has 0 amide bonds. The molecule has 3 saturated carbocycles. The number of hydrogen-bond donors (Lipinski definition) is 1. The Labute approximate surface area is 214 Å². The Morgan fingerprint density at radius 2 is 2.03 bits per heavy atom. The number of ketones is 2. The molecule has 3 fully saturated rings. The Hall–Kier alpha value is -1.89. The van der Waals surface area contributed by atoms with Crippen molar-refractivity contribution in [3.63, 3.8) is 0 Å². The second-order valence-electron chi connectivity index (χ2n) is 11.1. The molecule has 0 spiro atoms. The molecule has 35 heavy (non-hydrogen) atoms. The Kier molecular flexibility index (Phi) is 5.71. The lowest BCUT2D eigenvalue weighted by Gasteiger charge is -2.64. The molecule has 1 aromatic heterocycles. The smallest absolute Gasteiger partial charge is 0.375 e. The van der Waals surface area contributed by atoms with Crippen LogP contribution < -0.4 is 0 Å². The highest BCUT2D eigenvalue weighted by atomic mass is 35.5. The van der Waals surface area contributed by atoms with Crippen LogP contribution in [0.15, 0.2) is 46.6 Å². The molecule has 188 valence electrons. The second kappa shape index (κ2) is 8.06. The van der Waals surface area contributed by atoms with Gasteiger partial charge in [-0.1, -0.05) is 32.4 Å². The fraction of sp³-hybridized carbons (Fsp3) is 0.593. The molecule has 4 aliphatic rings. The van der Waals surface area contributed by atoms with Gasteiger partial charge in [0.15, 0.2) is 17.2 Å². The molecule has 6 nitrogen and oxygen atoms in total. The molecule has 8 atom stereocenters. The van der Waals surface area contributed by atoms with Crippen molar-refractivity contribution in [1.29, 1.82) is 0 Å². The highest BCUT2D eigenvalue weighted by molar-refractivity contribution is 6.29. The normalized spacial score (nSPS) is 44.2. The Morgan fingerprint density at radius 3 is 2.69 bits per heavy atom. The number of Topliss-reactive ketones (excluding diaryl/α,β-unsaturated/α-hetero) is 1. The van der Waals surface area contributed by atoms with Gasteiger partial charge in [-0.15, -0.1) is 23.2 Å². The topological polar surface area (TPSA) is 93.8 Å². The number of alkyl halides is 2. The number of fused-ring (bicyclic) bond motifs is 5. The molecule has 4 aliphatic carbocycles. The maximum atomic E-state index is 13.6. The lowest BCUT2D eigenvalue weighted by Crippen LogP contribution is -2.69. The molecular formula is C27H30Cl2O6. The number of carbonyl (C=O) groups excluding carboxylic acids is 3. The summed E-state index contributed by atoms with van der Waals surface area (Å²) in [5, 5.41) is 11.8. The van der Waals surface area contributed by atoms with Gasteiger partial charge in [0.05, 0.1) is 23.1 Å². The van der Waals surface area contributed by atoms with Gasteiger partial charge in [0.2, 0.25) is 5.76 Å². The molecule has 1 N–H and O–H groups in total. The predicted molar refractivity (Wildman–Crippen MR) is 130 cm³/mol. The minimum atomic E-state index is -1.53. The summed E-state index contributed by atoms with van der Waals surface area (Å²) in [7, 11) is 0. The van der Waals surface area contributed by atoms with Gasteiger partial charge >= 0.3 is 5.97 Å². The van der Waals surface area contributed by atoms with Crippen LogP contribution in [0.1, 0.15) is 57.0 Å². The van der Waals surface area contributed by atoms with Crippen molar-refractivity contribution in [3.05, 3.63) is 48.0 Å². The highest BCUT2D eigenvalue weighted by Gasteiger charge is 2.76. The average molecular weight is 521 g/mol. The van der Waals surface area contributed by atoms with E-state index in [0.29, 0.717) is 19.3 Å². The summed E-state index contributed by atoms with van der Waals surface area (Å²) in [4.78, 5) is 37.7. The van der Waals surface area contributed by atoms with Crippen LogP contribution >= 0.6 is 23.2 Å². The third kappa shape index (κ3) is 3.02. The van der Waals surface area contributed by atoms with E-state index in [1.54, 1.807) is 12.1 Å². The zero-order valence-electron chi connectivity index (χ0n) is 20.1. The van der Waals surface area contributed by atoms with E-state index in [0.717, 1.165) is 5.57 Å². The average Bonchev–Trinajstić information content (AvgIpc) is 3.42. The van der Waals surface area contributed by atoms with E-state index in [2.05, 4.69) is 0 Å². The fourth-order valence-electron chi connectivity index (χ4n) is 8.09.